The van der Waals surface area contributed by atoms with E-state index in [0.717, 1.165) is 0 Å². The van der Waals surface area contributed by atoms with Gasteiger partial charge in [0, 0.05) is 6.42 Å². The number of hydrogen-bond donors (Lipinski definition) is 1. The van der Waals surface area contributed by atoms with Crippen molar-refractivity contribution in [3.05, 3.63) is 28.8 Å². The van der Waals surface area contributed by atoms with E-state index in [4.69, 9.17) is 9.84 Å². The molecule has 0 heterocycles. The summed E-state index contributed by atoms with van der Waals surface area (Å²) in [5.74, 6) is -0.469. The molecule has 0 aliphatic rings. The van der Waals surface area contributed by atoms with Crippen LogP contribution in [0.4, 0.5) is 0 Å². The van der Waals surface area contributed by atoms with Crippen molar-refractivity contribution in [2.45, 2.75) is 45.1 Å². The fourth-order valence-electron chi connectivity index (χ4n) is 2.36. The molecule has 0 aromatic heterocycles. The van der Waals surface area contributed by atoms with E-state index in [1.165, 1.54) is 0 Å². The predicted molar refractivity (Wildman–Crippen MR) is 79.8 cm³/mol. The third-order valence-electron chi connectivity index (χ3n) is 3.11. The Bertz CT molecular complexity index is 581. The van der Waals surface area contributed by atoms with Crippen LogP contribution in [-0.2, 0) is 26.0 Å². The van der Waals surface area contributed by atoms with Crippen LogP contribution in [0.5, 0.6) is 0 Å². The first kappa shape index (κ1) is 17.7. The fraction of sp³-hybridized carbons (Fsp3) is 0.533. The van der Waals surface area contributed by atoms with Crippen molar-refractivity contribution in [2.24, 2.45) is 0 Å². The van der Waals surface area contributed by atoms with E-state index >= 15 is 0 Å². The van der Waals surface area contributed by atoms with Crippen LogP contribution in [0, 0.1) is 13.8 Å². The second kappa shape index (κ2) is 7.56. The summed E-state index contributed by atoms with van der Waals surface area (Å²) in [5.41, 5.74) is 1.93. The molecular formula is C15H22O5S. The Hall–Kier alpha value is -1.40. The summed E-state index contributed by atoms with van der Waals surface area (Å²) in [5, 5.41) is 9.13. The zero-order valence-corrected chi connectivity index (χ0v) is 13.5. The Kier molecular flexibility index (Phi) is 6.36. The summed E-state index contributed by atoms with van der Waals surface area (Å²) >= 11 is 0. The summed E-state index contributed by atoms with van der Waals surface area (Å²) in [6, 6.07) is 3.34. The molecule has 1 N–H and O–H groups in total. The minimum atomic E-state index is -3.45. The SMILES string of the molecule is CCOC(=O)CCCS(=O)(=O)c1c(C)cc(CO)cc1C. The van der Waals surface area contributed by atoms with E-state index in [9.17, 15) is 13.2 Å². The number of hydrogen-bond acceptors (Lipinski definition) is 5. The lowest BCUT2D eigenvalue weighted by molar-refractivity contribution is -0.143. The number of aliphatic hydroxyl groups excluding tert-OH is 1. The molecule has 1 rings (SSSR count). The lowest BCUT2D eigenvalue weighted by Crippen LogP contribution is -2.13. The standard InChI is InChI=1S/C15H22O5S/c1-4-20-14(17)6-5-7-21(18,19)15-11(2)8-13(10-16)9-12(15)3/h8-9,16H,4-7,10H2,1-3H3. The number of carbonyl (C=O) groups is 1. The van der Waals surface area contributed by atoms with Gasteiger partial charge in [0.25, 0.3) is 0 Å². The third-order valence-corrected chi connectivity index (χ3v) is 5.21. The molecule has 1 aromatic carbocycles. The van der Waals surface area contributed by atoms with E-state index in [1.807, 2.05) is 0 Å². The van der Waals surface area contributed by atoms with Crippen LogP contribution in [0.15, 0.2) is 17.0 Å². The van der Waals surface area contributed by atoms with E-state index in [-0.39, 0.29) is 31.2 Å². The Morgan fingerprint density at radius 2 is 1.81 bits per heavy atom. The van der Waals surface area contributed by atoms with Gasteiger partial charge in [0.1, 0.15) is 0 Å². The van der Waals surface area contributed by atoms with E-state index in [0.29, 0.717) is 28.2 Å². The highest BCUT2D eigenvalue weighted by Crippen LogP contribution is 2.24. The number of aliphatic hydroxyl groups is 1. The number of ether oxygens (including phenoxy) is 1. The number of esters is 1. The molecule has 1 aromatic rings. The zero-order chi connectivity index (χ0) is 16.0. The van der Waals surface area contributed by atoms with Crippen molar-refractivity contribution in [1.82, 2.24) is 0 Å². The highest BCUT2D eigenvalue weighted by molar-refractivity contribution is 7.91. The lowest BCUT2D eigenvalue weighted by atomic mass is 10.1. The highest BCUT2D eigenvalue weighted by Gasteiger charge is 2.20. The minimum absolute atomic E-state index is 0.0913. The van der Waals surface area contributed by atoms with Crippen molar-refractivity contribution < 1.29 is 23.1 Å². The summed E-state index contributed by atoms with van der Waals surface area (Å²) in [6.45, 7) is 5.32. The zero-order valence-electron chi connectivity index (χ0n) is 12.7. The highest BCUT2D eigenvalue weighted by atomic mass is 32.2. The van der Waals surface area contributed by atoms with Crippen LogP contribution < -0.4 is 0 Å². The number of rotatable bonds is 7. The Balaban J connectivity index is 2.86. The lowest BCUT2D eigenvalue weighted by Gasteiger charge is -2.12. The number of aryl methyl sites for hydroxylation is 2. The van der Waals surface area contributed by atoms with Gasteiger partial charge < -0.3 is 9.84 Å². The molecule has 0 aliphatic carbocycles. The molecule has 6 heteroatoms. The first-order valence-electron chi connectivity index (χ1n) is 6.91. The van der Waals surface area contributed by atoms with Gasteiger partial charge in [-0.1, -0.05) is 12.1 Å². The largest absolute Gasteiger partial charge is 0.466 e. The smallest absolute Gasteiger partial charge is 0.305 e. The van der Waals surface area contributed by atoms with Gasteiger partial charge >= 0.3 is 5.97 Å². The van der Waals surface area contributed by atoms with Crippen LogP contribution in [-0.4, -0.2) is 31.9 Å². The Morgan fingerprint density at radius 3 is 2.29 bits per heavy atom. The van der Waals surface area contributed by atoms with E-state index in [2.05, 4.69) is 0 Å². The molecular weight excluding hydrogens is 292 g/mol. The number of benzene rings is 1. The molecule has 0 fully saturated rings. The molecule has 0 spiro atoms. The normalized spacial score (nSPS) is 11.4. The average molecular weight is 314 g/mol. The van der Waals surface area contributed by atoms with Gasteiger partial charge in [-0.25, -0.2) is 8.42 Å². The van der Waals surface area contributed by atoms with Crippen molar-refractivity contribution in [3.63, 3.8) is 0 Å². The molecule has 0 saturated carbocycles. The second-order valence-electron chi connectivity index (χ2n) is 4.94. The maximum atomic E-state index is 12.4. The van der Waals surface area contributed by atoms with Crippen LogP contribution in [0.3, 0.4) is 0 Å². The molecule has 0 aliphatic heterocycles. The van der Waals surface area contributed by atoms with E-state index in [1.54, 1.807) is 32.9 Å². The Labute approximate surface area is 125 Å². The van der Waals surface area contributed by atoms with Gasteiger partial charge in [-0.15, -0.1) is 0 Å². The molecule has 5 nitrogen and oxygen atoms in total. The molecule has 0 bridgehead atoms. The quantitative estimate of drug-likeness (QED) is 0.778. The van der Waals surface area contributed by atoms with Crippen LogP contribution in [0.25, 0.3) is 0 Å². The van der Waals surface area contributed by atoms with Gasteiger partial charge in [0.15, 0.2) is 9.84 Å². The molecule has 0 unspecified atom stereocenters. The molecule has 0 saturated heterocycles. The molecule has 0 radical (unpaired) electrons. The number of sulfone groups is 1. The van der Waals surface area contributed by atoms with Crippen LogP contribution in [0.1, 0.15) is 36.5 Å². The fourth-order valence-corrected chi connectivity index (χ4v) is 4.19. The average Bonchev–Trinajstić information content (AvgIpc) is 2.37. The first-order chi connectivity index (χ1) is 9.81. The summed E-state index contributed by atoms with van der Waals surface area (Å²) in [7, 11) is -3.45. The van der Waals surface area contributed by atoms with E-state index < -0.39 is 9.84 Å². The molecule has 0 atom stereocenters. The van der Waals surface area contributed by atoms with Gasteiger partial charge in [-0.2, -0.15) is 0 Å². The van der Waals surface area contributed by atoms with Crippen molar-refractivity contribution in [2.75, 3.05) is 12.4 Å². The number of carbonyl (C=O) groups excluding carboxylic acids is 1. The Morgan fingerprint density at radius 1 is 1.24 bits per heavy atom. The maximum Gasteiger partial charge on any atom is 0.305 e. The van der Waals surface area contributed by atoms with Crippen molar-refractivity contribution >= 4 is 15.8 Å². The summed E-state index contributed by atoms with van der Waals surface area (Å²) < 4.78 is 29.6. The molecule has 21 heavy (non-hydrogen) atoms. The van der Waals surface area contributed by atoms with Crippen LogP contribution >= 0.6 is 0 Å². The molecule has 0 amide bonds. The topological polar surface area (TPSA) is 80.7 Å². The minimum Gasteiger partial charge on any atom is -0.466 e. The third kappa shape index (κ3) is 4.82. The monoisotopic (exact) mass is 314 g/mol. The maximum absolute atomic E-state index is 12.4. The van der Waals surface area contributed by atoms with Gasteiger partial charge in [-0.3, -0.25) is 4.79 Å². The van der Waals surface area contributed by atoms with Gasteiger partial charge in [0.05, 0.1) is 23.9 Å². The van der Waals surface area contributed by atoms with Crippen molar-refractivity contribution in [1.29, 1.82) is 0 Å². The van der Waals surface area contributed by atoms with Gasteiger partial charge in [0.2, 0.25) is 0 Å². The molecule has 118 valence electrons. The second-order valence-corrected chi connectivity index (χ2v) is 6.99. The van der Waals surface area contributed by atoms with Gasteiger partial charge in [-0.05, 0) is 43.9 Å². The summed E-state index contributed by atoms with van der Waals surface area (Å²) in [4.78, 5) is 11.5. The first-order valence-corrected chi connectivity index (χ1v) is 8.56. The van der Waals surface area contributed by atoms with Crippen LogP contribution in [0.2, 0.25) is 0 Å². The predicted octanol–water partition coefficient (Wildman–Crippen LogP) is 1.91. The van der Waals surface area contributed by atoms with Crippen molar-refractivity contribution in [3.8, 4) is 0 Å². The summed E-state index contributed by atoms with van der Waals surface area (Å²) in [6.07, 6.45) is 0.335.